The summed E-state index contributed by atoms with van der Waals surface area (Å²) in [6.07, 6.45) is 2.41. The molecule has 7 nitrogen and oxygen atoms in total. The first-order chi connectivity index (χ1) is 15.0. The number of benzene rings is 2. The molecule has 2 saturated heterocycles. The molecule has 0 radical (unpaired) electrons. The van der Waals surface area contributed by atoms with Crippen LogP contribution in [0.1, 0.15) is 36.6 Å². The number of likely N-dealkylation sites (tertiary alicyclic amines) is 1. The van der Waals surface area contributed by atoms with Crippen LogP contribution in [0.5, 0.6) is 0 Å². The van der Waals surface area contributed by atoms with Gasteiger partial charge < -0.3 is 15.6 Å². The summed E-state index contributed by atoms with van der Waals surface area (Å²) >= 11 is 0. The van der Waals surface area contributed by atoms with Gasteiger partial charge in [0, 0.05) is 31.1 Å². The summed E-state index contributed by atoms with van der Waals surface area (Å²) < 4.78 is 0. The Labute approximate surface area is 181 Å². The lowest BCUT2D eigenvalue weighted by Crippen LogP contribution is -2.56. The van der Waals surface area contributed by atoms with Crippen LogP contribution in [0.4, 0.5) is 5.69 Å². The van der Waals surface area contributed by atoms with Crippen LogP contribution >= 0.6 is 0 Å². The van der Waals surface area contributed by atoms with Gasteiger partial charge in [0.05, 0.1) is 23.1 Å². The van der Waals surface area contributed by atoms with Crippen LogP contribution in [-0.2, 0) is 9.59 Å². The third kappa shape index (κ3) is 3.93. The number of nitrogens with one attached hydrogen (secondary N) is 3. The highest BCUT2D eigenvalue weighted by atomic mass is 16.2. The van der Waals surface area contributed by atoms with Crippen molar-refractivity contribution >= 4 is 28.5 Å². The molecule has 2 aliphatic heterocycles. The van der Waals surface area contributed by atoms with E-state index < -0.39 is 0 Å². The number of amides is 2. The molecule has 3 aromatic rings. The minimum atomic E-state index is -0.302. The van der Waals surface area contributed by atoms with Gasteiger partial charge >= 0.3 is 0 Å². The molecule has 5 rings (SSSR count). The molecule has 2 fully saturated rings. The van der Waals surface area contributed by atoms with Gasteiger partial charge in [-0.2, -0.15) is 0 Å². The third-order valence-corrected chi connectivity index (χ3v) is 6.48. The number of H-pyrrole nitrogens is 1. The number of carbonyl (C=O) groups excluding carboxylic acids is 2. The molecule has 0 saturated carbocycles. The lowest BCUT2D eigenvalue weighted by Gasteiger charge is -2.39. The normalized spacial score (nSPS) is 23.9. The Balaban J connectivity index is 1.31. The number of aryl methyl sites for hydroxylation is 1. The average Bonchev–Trinajstić information content (AvgIpc) is 3.27. The maximum Gasteiger partial charge on any atom is 0.238 e. The fourth-order valence-corrected chi connectivity index (χ4v) is 5.20. The van der Waals surface area contributed by atoms with Crippen LogP contribution < -0.4 is 10.6 Å². The molecule has 0 unspecified atom stereocenters. The van der Waals surface area contributed by atoms with E-state index >= 15 is 0 Å². The molecule has 2 atom stereocenters. The Bertz CT molecular complexity index is 1130. The number of piperidine rings is 1. The average molecular weight is 418 g/mol. The first-order valence-electron chi connectivity index (χ1n) is 10.9. The number of hydrogen-bond acceptors (Lipinski definition) is 4. The Hall–Kier alpha value is -3.19. The topological polar surface area (TPSA) is 90.1 Å². The van der Waals surface area contributed by atoms with Crippen molar-refractivity contribution in [3.05, 3.63) is 59.9 Å². The van der Waals surface area contributed by atoms with E-state index in [1.807, 2.05) is 43.3 Å². The molecule has 7 heteroatoms. The molecule has 3 heterocycles. The fraction of sp³-hybridized carbons (Fsp3) is 0.375. The summed E-state index contributed by atoms with van der Waals surface area (Å²) in [5.74, 6) is 1.08. The molecule has 31 heavy (non-hydrogen) atoms. The summed E-state index contributed by atoms with van der Waals surface area (Å²) in [4.78, 5) is 34.8. The summed E-state index contributed by atoms with van der Waals surface area (Å²) in [7, 11) is 0. The zero-order valence-corrected chi connectivity index (χ0v) is 17.6. The van der Waals surface area contributed by atoms with Crippen molar-refractivity contribution in [3.8, 4) is 0 Å². The molecule has 1 spiro atoms. The zero-order chi connectivity index (χ0) is 21.4. The number of nitrogens with zero attached hydrogens (tertiary/aromatic N) is 2. The van der Waals surface area contributed by atoms with E-state index in [0.717, 1.165) is 41.9 Å². The van der Waals surface area contributed by atoms with Crippen LogP contribution in [0.2, 0.25) is 0 Å². The van der Waals surface area contributed by atoms with Gasteiger partial charge in [-0.1, -0.05) is 30.3 Å². The number of carbonyl (C=O) groups is 2. The van der Waals surface area contributed by atoms with E-state index in [4.69, 9.17) is 0 Å². The first kappa shape index (κ1) is 19.8. The van der Waals surface area contributed by atoms with Gasteiger partial charge in [-0.15, -0.1) is 0 Å². The molecular weight excluding hydrogens is 390 g/mol. The highest BCUT2D eigenvalue weighted by Crippen LogP contribution is 2.41. The van der Waals surface area contributed by atoms with Gasteiger partial charge in [0.25, 0.3) is 0 Å². The molecule has 2 aromatic carbocycles. The Morgan fingerprint density at radius 1 is 1.26 bits per heavy atom. The first-order valence-corrected chi connectivity index (χ1v) is 10.9. The molecule has 2 aliphatic rings. The molecule has 160 valence electrons. The van der Waals surface area contributed by atoms with Crippen LogP contribution in [-0.4, -0.2) is 51.9 Å². The maximum absolute atomic E-state index is 12.8. The molecule has 0 aliphatic carbocycles. The van der Waals surface area contributed by atoms with Gasteiger partial charge in [-0.05, 0) is 43.5 Å². The van der Waals surface area contributed by atoms with E-state index in [2.05, 4.69) is 37.6 Å². The van der Waals surface area contributed by atoms with Crippen LogP contribution in [0.25, 0.3) is 11.0 Å². The van der Waals surface area contributed by atoms with Crippen LogP contribution in [0.15, 0.2) is 48.5 Å². The number of aromatic amines is 1. The van der Waals surface area contributed by atoms with E-state index in [0.29, 0.717) is 19.5 Å². The molecular formula is C24H27N5O2. The predicted molar refractivity (Wildman–Crippen MR) is 120 cm³/mol. The van der Waals surface area contributed by atoms with E-state index in [1.165, 1.54) is 5.56 Å². The Kier molecular flexibility index (Phi) is 4.98. The quantitative estimate of drug-likeness (QED) is 0.609. The fourth-order valence-electron chi connectivity index (χ4n) is 5.20. The Morgan fingerprint density at radius 3 is 2.90 bits per heavy atom. The van der Waals surface area contributed by atoms with E-state index in [-0.39, 0.29) is 23.3 Å². The zero-order valence-electron chi connectivity index (χ0n) is 17.6. The van der Waals surface area contributed by atoms with Crippen molar-refractivity contribution in [2.24, 2.45) is 0 Å². The smallest absolute Gasteiger partial charge is 0.238 e. The number of hydrogen-bond donors (Lipinski definition) is 3. The molecule has 3 N–H and O–H groups in total. The van der Waals surface area contributed by atoms with Crippen molar-refractivity contribution in [1.29, 1.82) is 0 Å². The van der Waals surface area contributed by atoms with Crippen molar-refractivity contribution in [1.82, 2.24) is 20.2 Å². The van der Waals surface area contributed by atoms with E-state index in [1.54, 1.807) is 0 Å². The highest BCUT2D eigenvalue weighted by molar-refractivity contribution is 5.94. The molecule has 0 bridgehead atoms. The lowest BCUT2D eigenvalue weighted by molar-refractivity contribution is -0.125. The lowest BCUT2D eigenvalue weighted by atomic mass is 9.76. The highest BCUT2D eigenvalue weighted by Gasteiger charge is 2.49. The summed E-state index contributed by atoms with van der Waals surface area (Å²) in [5, 5.41) is 6.30. The standard InChI is InChI=1S/C24H27N5O2/c1-16-25-20-10-9-18(12-21(20)26-16)27-23(31)14-29-13-19(17-6-3-2-4-7-17)24(15-29)11-5-8-22(30)28-24/h2-4,6-7,9-10,12,19H,5,8,11,13-15H2,1H3,(H,25,26)(H,27,31)(H,28,30)/t19-,24+/m0/s1. The minimum absolute atomic E-state index is 0.0541. The number of aromatic nitrogens is 2. The van der Waals surface area contributed by atoms with Gasteiger partial charge in [0.15, 0.2) is 0 Å². The summed E-state index contributed by atoms with van der Waals surface area (Å²) in [6, 6.07) is 16.0. The van der Waals surface area contributed by atoms with Crippen LogP contribution in [0.3, 0.4) is 0 Å². The predicted octanol–water partition coefficient (Wildman–Crippen LogP) is 2.95. The second-order valence-corrected chi connectivity index (χ2v) is 8.79. The number of anilines is 1. The Morgan fingerprint density at radius 2 is 2.10 bits per heavy atom. The van der Waals surface area contributed by atoms with Gasteiger partial charge in [-0.25, -0.2) is 4.98 Å². The largest absolute Gasteiger partial charge is 0.349 e. The van der Waals surface area contributed by atoms with Gasteiger partial charge in [0.1, 0.15) is 5.82 Å². The second kappa shape index (κ2) is 7.81. The van der Waals surface area contributed by atoms with Crippen molar-refractivity contribution in [2.75, 3.05) is 25.0 Å². The summed E-state index contributed by atoms with van der Waals surface area (Å²) in [5.41, 5.74) is 3.46. The summed E-state index contributed by atoms with van der Waals surface area (Å²) in [6.45, 7) is 3.64. The second-order valence-electron chi connectivity index (χ2n) is 8.79. The van der Waals surface area contributed by atoms with Crippen molar-refractivity contribution < 1.29 is 9.59 Å². The number of imidazole rings is 1. The number of fused-ring (bicyclic) bond motifs is 1. The minimum Gasteiger partial charge on any atom is -0.349 e. The molecule has 2 amide bonds. The van der Waals surface area contributed by atoms with E-state index in [9.17, 15) is 9.59 Å². The SMILES string of the molecule is Cc1nc2ccc(NC(=O)CN3C[C@@H](c4ccccc4)[C@@]4(CCCC(=O)N4)C3)cc2[nH]1. The van der Waals surface area contributed by atoms with Gasteiger partial charge in [-0.3, -0.25) is 14.5 Å². The third-order valence-electron chi connectivity index (χ3n) is 6.48. The maximum atomic E-state index is 12.8. The number of rotatable bonds is 4. The molecule has 1 aromatic heterocycles. The van der Waals surface area contributed by atoms with Crippen LogP contribution in [0, 0.1) is 6.92 Å². The van der Waals surface area contributed by atoms with Gasteiger partial charge in [0.2, 0.25) is 11.8 Å². The monoisotopic (exact) mass is 417 g/mol. The van der Waals surface area contributed by atoms with Crippen molar-refractivity contribution in [3.63, 3.8) is 0 Å². The van der Waals surface area contributed by atoms with Crippen molar-refractivity contribution in [2.45, 2.75) is 37.6 Å².